The van der Waals surface area contributed by atoms with Gasteiger partial charge in [0.2, 0.25) is 17.8 Å². The minimum atomic E-state index is 0.225. The predicted molar refractivity (Wildman–Crippen MR) is 57.2 cm³/mol. The van der Waals surface area contributed by atoms with Gasteiger partial charge < -0.3 is 16.4 Å². The zero-order valence-electron chi connectivity index (χ0n) is 8.54. The third-order valence-corrected chi connectivity index (χ3v) is 1.69. The van der Waals surface area contributed by atoms with Crippen molar-refractivity contribution in [1.82, 2.24) is 15.0 Å². The van der Waals surface area contributed by atoms with E-state index >= 15 is 0 Å². The molecule has 0 fully saturated rings. The lowest BCUT2D eigenvalue weighted by Crippen LogP contribution is -2.10. The van der Waals surface area contributed by atoms with Gasteiger partial charge >= 0.3 is 0 Å². The van der Waals surface area contributed by atoms with Crippen LogP contribution in [0.25, 0.3) is 0 Å². The molecule has 1 aromatic rings. The van der Waals surface area contributed by atoms with E-state index in [1.165, 1.54) is 0 Å². The quantitative estimate of drug-likeness (QED) is 0.601. The van der Waals surface area contributed by atoms with E-state index in [0.717, 1.165) is 19.4 Å². The Balaban J connectivity index is 2.62. The van der Waals surface area contributed by atoms with Gasteiger partial charge in [0.15, 0.2) is 0 Å². The maximum Gasteiger partial charge on any atom is 0.229 e. The second-order valence-corrected chi connectivity index (χ2v) is 2.87. The van der Waals surface area contributed by atoms with Crippen LogP contribution in [0.1, 0.15) is 19.8 Å². The Morgan fingerprint density at radius 2 is 1.93 bits per heavy atom. The van der Waals surface area contributed by atoms with E-state index in [1.807, 2.05) is 0 Å². The molecule has 1 heterocycles. The standard InChI is InChI=1S/C8H16N6/c1-3-4-5-11-8-13-6(9)12-7(10-2)14-8/h3-5H2,1-2H3,(H4,9,10,11,12,13,14). The molecular formula is C8H16N6. The molecule has 0 atom stereocenters. The summed E-state index contributed by atoms with van der Waals surface area (Å²) in [5.41, 5.74) is 5.50. The zero-order valence-corrected chi connectivity index (χ0v) is 8.54. The Morgan fingerprint density at radius 1 is 1.21 bits per heavy atom. The first-order chi connectivity index (χ1) is 6.76. The Morgan fingerprint density at radius 3 is 2.57 bits per heavy atom. The fourth-order valence-electron chi connectivity index (χ4n) is 0.960. The van der Waals surface area contributed by atoms with Gasteiger partial charge in [-0.1, -0.05) is 13.3 Å². The molecule has 0 saturated heterocycles. The van der Waals surface area contributed by atoms with Crippen LogP contribution in [-0.2, 0) is 0 Å². The Kier molecular flexibility index (Phi) is 3.90. The van der Waals surface area contributed by atoms with Crippen LogP contribution in [0.4, 0.5) is 17.8 Å². The number of anilines is 3. The van der Waals surface area contributed by atoms with Crippen molar-refractivity contribution >= 4 is 17.8 Å². The molecule has 0 bridgehead atoms. The SMILES string of the molecule is CCCCNc1nc(N)nc(NC)n1. The van der Waals surface area contributed by atoms with Gasteiger partial charge in [0, 0.05) is 13.6 Å². The minimum absolute atomic E-state index is 0.225. The van der Waals surface area contributed by atoms with Gasteiger partial charge in [-0.25, -0.2) is 0 Å². The zero-order chi connectivity index (χ0) is 10.4. The molecule has 4 N–H and O–H groups in total. The molecule has 6 heteroatoms. The molecule has 0 spiro atoms. The molecular weight excluding hydrogens is 180 g/mol. The third-order valence-electron chi connectivity index (χ3n) is 1.69. The van der Waals surface area contributed by atoms with Gasteiger partial charge in [-0.2, -0.15) is 15.0 Å². The summed E-state index contributed by atoms with van der Waals surface area (Å²) in [6.45, 7) is 2.98. The second kappa shape index (κ2) is 5.21. The van der Waals surface area contributed by atoms with Crippen molar-refractivity contribution < 1.29 is 0 Å². The summed E-state index contributed by atoms with van der Waals surface area (Å²) < 4.78 is 0. The average molecular weight is 196 g/mol. The number of unbranched alkanes of at least 4 members (excludes halogenated alkanes) is 1. The molecule has 6 nitrogen and oxygen atoms in total. The van der Waals surface area contributed by atoms with E-state index in [4.69, 9.17) is 5.73 Å². The maximum absolute atomic E-state index is 5.50. The number of nitrogen functional groups attached to an aromatic ring is 1. The smallest absolute Gasteiger partial charge is 0.229 e. The van der Waals surface area contributed by atoms with Crippen LogP contribution >= 0.6 is 0 Å². The summed E-state index contributed by atoms with van der Waals surface area (Å²) in [6.07, 6.45) is 2.22. The van der Waals surface area contributed by atoms with E-state index in [1.54, 1.807) is 7.05 Å². The van der Waals surface area contributed by atoms with E-state index in [0.29, 0.717) is 11.9 Å². The first-order valence-electron chi connectivity index (χ1n) is 4.69. The number of nitrogens with zero attached hydrogens (tertiary/aromatic N) is 3. The van der Waals surface area contributed by atoms with Gasteiger partial charge in [0.05, 0.1) is 0 Å². The molecule has 0 aromatic carbocycles. The predicted octanol–water partition coefficient (Wildman–Crippen LogP) is 0.707. The molecule has 0 radical (unpaired) electrons. The lowest BCUT2D eigenvalue weighted by atomic mass is 10.3. The summed E-state index contributed by atoms with van der Waals surface area (Å²) in [5.74, 6) is 1.23. The number of aromatic nitrogens is 3. The largest absolute Gasteiger partial charge is 0.368 e. The molecule has 0 aliphatic rings. The van der Waals surface area contributed by atoms with Crippen molar-refractivity contribution in [3.8, 4) is 0 Å². The van der Waals surface area contributed by atoms with Crippen LogP contribution in [0.5, 0.6) is 0 Å². The fraction of sp³-hybridized carbons (Fsp3) is 0.625. The summed E-state index contributed by atoms with van der Waals surface area (Å²) in [6, 6.07) is 0. The molecule has 1 rings (SSSR count). The molecule has 1 aromatic heterocycles. The fourth-order valence-corrected chi connectivity index (χ4v) is 0.960. The van der Waals surface area contributed by atoms with Crippen molar-refractivity contribution in [3.05, 3.63) is 0 Å². The highest BCUT2D eigenvalue weighted by molar-refractivity contribution is 5.39. The molecule has 0 aliphatic carbocycles. The Hall–Kier alpha value is -1.59. The van der Waals surface area contributed by atoms with Crippen molar-refractivity contribution in [2.45, 2.75) is 19.8 Å². The van der Waals surface area contributed by atoms with E-state index in [-0.39, 0.29) is 5.95 Å². The number of nitrogens with two attached hydrogens (primary N) is 1. The second-order valence-electron chi connectivity index (χ2n) is 2.87. The van der Waals surface area contributed by atoms with E-state index in [2.05, 4.69) is 32.5 Å². The summed E-state index contributed by atoms with van der Waals surface area (Å²) in [5, 5.41) is 5.90. The third kappa shape index (κ3) is 3.04. The first kappa shape index (κ1) is 10.5. The van der Waals surface area contributed by atoms with Crippen LogP contribution in [0, 0.1) is 0 Å². The van der Waals surface area contributed by atoms with Crippen LogP contribution in [0.2, 0.25) is 0 Å². The highest BCUT2D eigenvalue weighted by Crippen LogP contribution is 2.05. The molecule has 0 unspecified atom stereocenters. The lowest BCUT2D eigenvalue weighted by molar-refractivity contribution is 0.825. The minimum Gasteiger partial charge on any atom is -0.368 e. The average Bonchev–Trinajstić information content (AvgIpc) is 2.17. The van der Waals surface area contributed by atoms with Gasteiger partial charge in [0.25, 0.3) is 0 Å². The lowest BCUT2D eigenvalue weighted by Gasteiger charge is -2.05. The molecule has 14 heavy (non-hydrogen) atoms. The Bertz CT molecular complexity index is 287. The molecule has 0 saturated carbocycles. The van der Waals surface area contributed by atoms with Gasteiger partial charge in [-0.3, -0.25) is 0 Å². The van der Waals surface area contributed by atoms with Gasteiger partial charge in [0.1, 0.15) is 0 Å². The molecule has 0 aliphatic heterocycles. The summed E-state index contributed by atoms with van der Waals surface area (Å²) in [7, 11) is 1.74. The van der Waals surface area contributed by atoms with E-state index < -0.39 is 0 Å². The van der Waals surface area contributed by atoms with Crippen LogP contribution in [-0.4, -0.2) is 28.5 Å². The van der Waals surface area contributed by atoms with Crippen molar-refractivity contribution in [3.63, 3.8) is 0 Å². The highest BCUT2D eigenvalue weighted by atomic mass is 15.2. The van der Waals surface area contributed by atoms with E-state index in [9.17, 15) is 0 Å². The van der Waals surface area contributed by atoms with Gasteiger partial charge in [-0.15, -0.1) is 0 Å². The number of nitrogens with one attached hydrogen (secondary N) is 2. The Labute approximate surface area is 83.4 Å². The number of hydrogen-bond donors (Lipinski definition) is 3. The number of hydrogen-bond acceptors (Lipinski definition) is 6. The van der Waals surface area contributed by atoms with Crippen molar-refractivity contribution in [2.24, 2.45) is 0 Å². The topological polar surface area (TPSA) is 88.8 Å². The first-order valence-corrected chi connectivity index (χ1v) is 4.69. The molecule has 0 amide bonds. The van der Waals surface area contributed by atoms with Crippen LogP contribution < -0.4 is 16.4 Å². The van der Waals surface area contributed by atoms with Crippen LogP contribution in [0.15, 0.2) is 0 Å². The summed E-state index contributed by atoms with van der Waals surface area (Å²) >= 11 is 0. The normalized spacial score (nSPS) is 9.86. The van der Waals surface area contributed by atoms with Crippen molar-refractivity contribution in [1.29, 1.82) is 0 Å². The summed E-state index contributed by atoms with van der Waals surface area (Å²) in [4.78, 5) is 11.9. The van der Waals surface area contributed by atoms with Crippen LogP contribution in [0.3, 0.4) is 0 Å². The monoisotopic (exact) mass is 196 g/mol. The number of rotatable bonds is 5. The maximum atomic E-state index is 5.50. The van der Waals surface area contributed by atoms with Crippen molar-refractivity contribution in [2.75, 3.05) is 30.0 Å². The highest BCUT2D eigenvalue weighted by Gasteiger charge is 2.01. The molecule has 78 valence electrons. The van der Waals surface area contributed by atoms with Gasteiger partial charge in [-0.05, 0) is 6.42 Å².